The van der Waals surface area contributed by atoms with Crippen LogP contribution in [0.3, 0.4) is 0 Å². The van der Waals surface area contributed by atoms with Crippen LogP contribution in [0.5, 0.6) is 5.75 Å². The van der Waals surface area contributed by atoms with Gasteiger partial charge in [0.1, 0.15) is 23.7 Å². The van der Waals surface area contributed by atoms with Gasteiger partial charge in [0.15, 0.2) is 5.82 Å². The first kappa shape index (κ1) is 33.7. The molecule has 0 bridgehead atoms. The van der Waals surface area contributed by atoms with Gasteiger partial charge in [0.25, 0.3) is 0 Å². The number of anilines is 5. The van der Waals surface area contributed by atoms with Crippen LogP contribution in [0.25, 0.3) is 0 Å². The summed E-state index contributed by atoms with van der Waals surface area (Å²) in [5, 5.41) is 8.30. The maximum absolute atomic E-state index is 14.2. The Morgan fingerprint density at radius 3 is 2.54 bits per heavy atom. The average molecular weight is 677 g/mol. The van der Waals surface area contributed by atoms with E-state index in [1.54, 1.807) is 24.3 Å². The maximum Gasteiger partial charge on any atom is 0.247 e. The van der Waals surface area contributed by atoms with Crippen LogP contribution in [0.1, 0.15) is 30.9 Å². The Kier molecular flexibility index (Phi) is 10.8. The van der Waals surface area contributed by atoms with Crippen LogP contribution >= 0.6 is 11.6 Å². The fourth-order valence-electron chi connectivity index (χ4n) is 6.79. The molecular weight excluding hydrogens is 635 g/mol. The van der Waals surface area contributed by atoms with E-state index in [1.165, 1.54) is 24.5 Å². The fourth-order valence-corrected chi connectivity index (χ4v) is 7.02. The first-order valence-electron chi connectivity index (χ1n) is 16.3. The van der Waals surface area contributed by atoms with E-state index in [-0.39, 0.29) is 11.9 Å². The lowest BCUT2D eigenvalue weighted by Crippen LogP contribution is -2.53. The van der Waals surface area contributed by atoms with Crippen molar-refractivity contribution in [1.29, 1.82) is 0 Å². The Labute approximate surface area is 285 Å². The van der Waals surface area contributed by atoms with E-state index in [9.17, 15) is 9.18 Å². The number of halogens is 2. The van der Waals surface area contributed by atoms with Crippen LogP contribution in [-0.2, 0) is 9.63 Å². The summed E-state index contributed by atoms with van der Waals surface area (Å²) in [6.07, 6.45) is 7.36. The Morgan fingerprint density at radius 2 is 1.83 bits per heavy atom. The normalized spacial score (nSPS) is 19.3. The smallest absolute Gasteiger partial charge is 0.247 e. The predicted octanol–water partition coefficient (Wildman–Crippen LogP) is 5.80. The molecule has 48 heavy (non-hydrogen) atoms. The molecule has 13 heteroatoms. The topological polar surface area (TPSA) is 98.3 Å². The second-order valence-corrected chi connectivity index (χ2v) is 12.6. The van der Waals surface area contributed by atoms with E-state index >= 15 is 0 Å². The molecule has 3 aromatic rings. The molecule has 1 amide bonds. The number of piperazine rings is 1. The van der Waals surface area contributed by atoms with Gasteiger partial charge in [-0.15, -0.1) is 6.58 Å². The van der Waals surface area contributed by atoms with Crippen LogP contribution in [-0.4, -0.2) is 91.2 Å². The molecule has 0 saturated carbocycles. The summed E-state index contributed by atoms with van der Waals surface area (Å²) in [4.78, 5) is 34.7. The van der Waals surface area contributed by atoms with Crippen molar-refractivity contribution < 1.29 is 18.8 Å². The van der Waals surface area contributed by atoms with Gasteiger partial charge < -0.3 is 20.3 Å². The van der Waals surface area contributed by atoms with Crippen molar-refractivity contribution in [2.75, 3.05) is 80.1 Å². The lowest BCUT2D eigenvalue weighted by atomic mass is 10.0. The van der Waals surface area contributed by atoms with E-state index in [0.717, 1.165) is 64.3 Å². The zero-order valence-electron chi connectivity index (χ0n) is 27.2. The second-order valence-electron chi connectivity index (χ2n) is 12.2. The number of aromatic nitrogens is 2. The molecular formula is C35H42ClFN8O3. The molecule has 6 rings (SSSR count). The third kappa shape index (κ3) is 7.73. The summed E-state index contributed by atoms with van der Waals surface area (Å²) >= 11 is 6.14. The number of rotatable bonds is 11. The van der Waals surface area contributed by atoms with E-state index in [1.807, 2.05) is 18.2 Å². The standard InChI is InChI=1S/C35H42ClFN8O3/c1-4-9-42-12-14-43(15-13-42)27-6-10-44(11-7-27)31-21-32(47-3)29(20-28(31)41-35(46)5-2)40-33-22-34(39-23-38-33)45-30(8-16-48-45)24-17-25(36)19-26(37)18-24/h4-5,17-23,27,30H,1-2,6-16H2,3H3,(H,41,46)(H,38,39,40)/t30-/m1/s1. The van der Waals surface area contributed by atoms with Crippen molar-refractivity contribution in [3.05, 3.63) is 84.4 Å². The van der Waals surface area contributed by atoms with E-state index in [0.29, 0.717) is 58.4 Å². The molecule has 0 radical (unpaired) electrons. The summed E-state index contributed by atoms with van der Waals surface area (Å²) in [6.45, 7) is 14.9. The molecule has 254 valence electrons. The summed E-state index contributed by atoms with van der Waals surface area (Å²) in [6, 6.07) is 10.3. The average Bonchev–Trinajstić information content (AvgIpc) is 3.59. The SMILES string of the molecule is C=CCN1CCN(C2CCN(c3cc(OC)c(Nc4cc(N5OCC[C@@H]5c5cc(F)cc(Cl)c5)ncn4)cc3NC(=O)C=C)CC2)CC1. The first-order chi connectivity index (χ1) is 23.3. The molecule has 0 aliphatic carbocycles. The second kappa shape index (κ2) is 15.3. The van der Waals surface area contributed by atoms with Crippen molar-refractivity contribution in [3.8, 4) is 5.75 Å². The van der Waals surface area contributed by atoms with Gasteiger partial charge in [-0.05, 0) is 48.7 Å². The number of nitrogens with zero attached hydrogens (tertiary/aromatic N) is 6. The molecule has 2 N–H and O–H groups in total. The van der Waals surface area contributed by atoms with Gasteiger partial charge in [-0.25, -0.2) is 19.4 Å². The number of ether oxygens (including phenoxy) is 1. The van der Waals surface area contributed by atoms with Crippen LogP contribution in [0, 0.1) is 5.82 Å². The van der Waals surface area contributed by atoms with Crippen LogP contribution < -0.4 is 25.3 Å². The number of hydrogen-bond donors (Lipinski definition) is 2. The zero-order chi connectivity index (χ0) is 33.6. The summed E-state index contributed by atoms with van der Waals surface area (Å²) < 4.78 is 20.0. The van der Waals surface area contributed by atoms with Crippen molar-refractivity contribution in [2.24, 2.45) is 0 Å². The predicted molar refractivity (Wildman–Crippen MR) is 188 cm³/mol. The van der Waals surface area contributed by atoms with Gasteiger partial charge in [0.2, 0.25) is 5.91 Å². The zero-order valence-corrected chi connectivity index (χ0v) is 28.0. The minimum atomic E-state index is -0.411. The monoisotopic (exact) mass is 676 g/mol. The Hall–Kier alpha value is -4.23. The molecule has 0 spiro atoms. The Bertz CT molecular complexity index is 1610. The minimum absolute atomic E-state index is 0.276. The molecule has 3 aliphatic rings. The molecule has 11 nitrogen and oxygen atoms in total. The van der Waals surface area contributed by atoms with Gasteiger partial charge in [0, 0.05) is 75.4 Å². The molecule has 0 unspecified atom stereocenters. The first-order valence-corrected chi connectivity index (χ1v) is 16.7. The van der Waals surface area contributed by atoms with Crippen LogP contribution in [0.15, 0.2) is 68.0 Å². The third-order valence-electron chi connectivity index (χ3n) is 9.19. The molecule has 2 aromatic carbocycles. The van der Waals surface area contributed by atoms with Gasteiger partial charge in [-0.3, -0.25) is 19.4 Å². The third-order valence-corrected chi connectivity index (χ3v) is 9.41. The van der Waals surface area contributed by atoms with Gasteiger partial charge in [-0.1, -0.05) is 24.3 Å². The summed E-state index contributed by atoms with van der Waals surface area (Å²) in [5.41, 5.74) is 2.82. The number of amides is 1. The number of carbonyl (C=O) groups excluding carboxylic acids is 1. The molecule has 4 heterocycles. The van der Waals surface area contributed by atoms with E-state index in [4.69, 9.17) is 21.2 Å². The highest BCUT2D eigenvalue weighted by Crippen LogP contribution is 2.41. The summed E-state index contributed by atoms with van der Waals surface area (Å²) in [5.74, 6) is 0.848. The number of methoxy groups -OCH3 is 1. The number of nitrogens with one attached hydrogen (secondary N) is 2. The maximum atomic E-state index is 14.2. The Morgan fingerprint density at radius 1 is 1.04 bits per heavy atom. The lowest BCUT2D eigenvalue weighted by Gasteiger charge is -2.43. The van der Waals surface area contributed by atoms with Crippen molar-refractivity contribution in [1.82, 2.24) is 19.8 Å². The Balaban J connectivity index is 1.20. The van der Waals surface area contributed by atoms with Crippen molar-refractivity contribution in [2.45, 2.75) is 31.3 Å². The molecule has 1 aromatic heterocycles. The number of hydrogen-bond acceptors (Lipinski definition) is 10. The molecule has 3 fully saturated rings. The quantitative estimate of drug-likeness (QED) is 0.192. The minimum Gasteiger partial charge on any atom is -0.494 e. The van der Waals surface area contributed by atoms with E-state index < -0.39 is 5.82 Å². The van der Waals surface area contributed by atoms with Crippen molar-refractivity contribution in [3.63, 3.8) is 0 Å². The number of hydroxylamine groups is 1. The van der Waals surface area contributed by atoms with Crippen molar-refractivity contribution >= 4 is 46.2 Å². The van der Waals surface area contributed by atoms with Gasteiger partial charge in [-0.2, -0.15) is 0 Å². The number of carbonyl (C=O) groups is 1. The summed E-state index contributed by atoms with van der Waals surface area (Å²) in [7, 11) is 1.61. The lowest BCUT2D eigenvalue weighted by molar-refractivity contribution is -0.111. The van der Waals surface area contributed by atoms with Crippen LogP contribution in [0.4, 0.5) is 33.1 Å². The highest BCUT2D eigenvalue weighted by Gasteiger charge is 2.31. The fraction of sp³-hybridized carbons (Fsp3) is 0.400. The number of piperidine rings is 1. The van der Waals surface area contributed by atoms with Gasteiger partial charge in [0.05, 0.1) is 36.8 Å². The highest BCUT2D eigenvalue weighted by atomic mass is 35.5. The molecule has 1 atom stereocenters. The van der Waals surface area contributed by atoms with Gasteiger partial charge >= 0.3 is 0 Å². The highest BCUT2D eigenvalue weighted by molar-refractivity contribution is 6.30. The van der Waals surface area contributed by atoms with E-state index in [2.05, 4.69) is 48.5 Å². The number of benzene rings is 2. The largest absolute Gasteiger partial charge is 0.494 e. The molecule has 3 aliphatic heterocycles. The van der Waals surface area contributed by atoms with Crippen LogP contribution in [0.2, 0.25) is 5.02 Å². The molecule has 3 saturated heterocycles.